The number of carbonyl (C=O) groups is 1. The summed E-state index contributed by atoms with van der Waals surface area (Å²) in [4.78, 5) is 13.9. The van der Waals surface area contributed by atoms with E-state index in [1.54, 1.807) is 14.2 Å². The first-order valence-electron chi connectivity index (χ1n) is 14.2. The van der Waals surface area contributed by atoms with Gasteiger partial charge < -0.3 is 28.3 Å². The van der Waals surface area contributed by atoms with Crippen molar-refractivity contribution in [2.45, 2.75) is 64.1 Å². The van der Waals surface area contributed by atoms with Crippen molar-refractivity contribution in [3.05, 3.63) is 82.4 Å². The van der Waals surface area contributed by atoms with E-state index >= 15 is 0 Å². The Balaban J connectivity index is 1.41. The average Bonchev–Trinajstić information content (AvgIpc) is 3.69. The third-order valence-corrected chi connectivity index (χ3v) is 8.16. The monoisotopic (exact) mass is 609 g/mol. The van der Waals surface area contributed by atoms with Gasteiger partial charge in [-0.3, -0.25) is 0 Å². The zero-order valence-electron chi connectivity index (χ0n) is 24.9. The van der Waals surface area contributed by atoms with Gasteiger partial charge in [0.05, 0.1) is 39.3 Å². The van der Waals surface area contributed by atoms with Gasteiger partial charge in [0.15, 0.2) is 22.9 Å². The number of carbonyl (C=O) groups excluding carboxylic acids is 1. The fourth-order valence-corrected chi connectivity index (χ4v) is 5.75. The van der Waals surface area contributed by atoms with E-state index in [-0.39, 0.29) is 12.7 Å². The second-order valence-corrected chi connectivity index (χ2v) is 10.6. The molecule has 5 rings (SSSR count). The molecule has 2 aromatic carbocycles. The first-order valence-corrected chi connectivity index (χ1v) is 14.6. The minimum atomic E-state index is -1.05. The lowest BCUT2D eigenvalue weighted by Crippen LogP contribution is -2.41. The Kier molecular flexibility index (Phi) is 9.34. The molecule has 12 heteroatoms. The highest BCUT2D eigenvalue weighted by Crippen LogP contribution is 2.46. The van der Waals surface area contributed by atoms with E-state index in [0.717, 1.165) is 22.5 Å². The van der Waals surface area contributed by atoms with Crippen molar-refractivity contribution in [3.8, 4) is 17.2 Å². The summed E-state index contributed by atoms with van der Waals surface area (Å²) in [6, 6.07) is 15.6. The van der Waals surface area contributed by atoms with Gasteiger partial charge in [-0.1, -0.05) is 37.6 Å². The number of aromatic nitrogens is 5. The zero-order valence-corrected chi connectivity index (χ0v) is 25.7. The molecule has 0 radical (unpaired) electrons. The number of rotatable bonds is 12. The highest BCUT2D eigenvalue weighted by atomic mass is 35.5. The highest BCUT2D eigenvalue weighted by Gasteiger charge is 2.38. The molecule has 1 aliphatic rings. The molecule has 2 atom stereocenters. The van der Waals surface area contributed by atoms with Crippen LogP contribution in [0.4, 0.5) is 0 Å². The van der Waals surface area contributed by atoms with E-state index in [0.29, 0.717) is 48.2 Å². The van der Waals surface area contributed by atoms with Crippen LogP contribution in [0.2, 0.25) is 5.02 Å². The Morgan fingerprint density at radius 1 is 1.05 bits per heavy atom. The van der Waals surface area contributed by atoms with Crippen LogP contribution >= 0.6 is 11.6 Å². The van der Waals surface area contributed by atoms with Crippen molar-refractivity contribution in [3.63, 3.8) is 0 Å². The molecule has 11 nitrogen and oxygen atoms in total. The number of nitrogens with zero attached hydrogens (tertiary/aromatic N) is 5. The molecule has 0 unspecified atom stereocenters. The number of esters is 1. The Bertz CT molecular complexity index is 1570. The summed E-state index contributed by atoms with van der Waals surface area (Å²) in [7, 11) is 4.58. The number of fused-ring (bicyclic) bond motifs is 3. The van der Waals surface area contributed by atoms with Crippen LogP contribution in [0.3, 0.4) is 0 Å². The molecule has 3 heterocycles. The number of tetrazole rings is 1. The lowest BCUT2D eigenvalue weighted by molar-refractivity contribution is -0.173. The Morgan fingerprint density at radius 3 is 2.58 bits per heavy atom. The van der Waals surface area contributed by atoms with Gasteiger partial charge >= 0.3 is 5.97 Å². The molecule has 43 heavy (non-hydrogen) atoms. The van der Waals surface area contributed by atoms with Crippen molar-refractivity contribution in [2.24, 2.45) is 0 Å². The van der Waals surface area contributed by atoms with Gasteiger partial charge in [0.1, 0.15) is 18.8 Å². The van der Waals surface area contributed by atoms with Gasteiger partial charge in [0.25, 0.3) is 0 Å². The number of aryl methyl sites for hydroxylation is 1. The molecule has 0 saturated heterocycles. The topological polar surface area (TPSA) is 112 Å². The van der Waals surface area contributed by atoms with Crippen LogP contribution in [0.15, 0.2) is 54.7 Å². The molecular weight excluding hydrogens is 574 g/mol. The number of benzene rings is 2. The molecular formula is C31H36ClN5O6. The largest absolute Gasteiger partial charge is 0.493 e. The van der Waals surface area contributed by atoms with E-state index < -0.39 is 17.7 Å². The smallest absolute Gasteiger partial charge is 0.338 e. The lowest BCUT2D eigenvalue weighted by atomic mass is 9.97. The predicted octanol–water partition coefficient (Wildman–Crippen LogP) is 5.63. The molecule has 0 bridgehead atoms. The highest BCUT2D eigenvalue weighted by molar-refractivity contribution is 6.30. The standard InChI is InChI=1S/C31H36ClN5O6/c1-6-31(7-2,30(38)41-5)42-19-27-33-35-37(34-27)17-15-25-24-11-9-16-36(24)23-14-13-20(32)18-22(23)28(43-25)21-10-8-12-26(39-3)29(21)40-4/h8-14,16,18,25,28H,6-7,15,17,19H2,1-5H3/t25-,28-/m1/s1. The van der Waals surface area contributed by atoms with Gasteiger partial charge in [-0.05, 0) is 54.5 Å². The molecule has 228 valence electrons. The Morgan fingerprint density at radius 2 is 1.86 bits per heavy atom. The van der Waals surface area contributed by atoms with Crippen LogP contribution in [-0.2, 0) is 32.2 Å². The zero-order chi connectivity index (χ0) is 30.6. The molecule has 0 amide bonds. The van der Waals surface area contributed by atoms with Gasteiger partial charge in [-0.15, -0.1) is 10.2 Å². The van der Waals surface area contributed by atoms with Gasteiger partial charge in [-0.25, -0.2) is 4.79 Å². The van der Waals surface area contributed by atoms with Crippen LogP contribution in [0.5, 0.6) is 11.5 Å². The third-order valence-electron chi connectivity index (χ3n) is 7.92. The Labute approximate surface area is 255 Å². The second kappa shape index (κ2) is 13.2. The summed E-state index contributed by atoms with van der Waals surface area (Å²) in [6.07, 6.45) is 2.64. The number of methoxy groups -OCH3 is 3. The van der Waals surface area contributed by atoms with E-state index in [1.165, 1.54) is 11.9 Å². The summed E-state index contributed by atoms with van der Waals surface area (Å²) in [5.41, 5.74) is 2.61. The average molecular weight is 610 g/mol. The molecule has 4 aromatic rings. The van der Waals surface area contributed by atoms with Crippen LogP contribution in [-0.4, -0.2) is 57.7 Å². The normalized spacial score (nSPS) is 16.2. The van der Waals surface area contributed by atoms with Crippen molar-refractivity contribution in [1.29, 1.82) is 0 Å². The second-order valence-electron chi connectivity index (χ2n) is 10.2. The third kappa shape index (κ3) is 5.97. The van der Waals surface area contributed by atoms with Crippen LogP contribution in [0.25, 0.3) is 5.69 Å². The van der Waals surface area contributed by atoms with E-state index in [4.69, 9.17) is 35.3 Å². The van der Waals surface area contributed by atoms with Crippen molar-refractivity contribution in [2.75, 3.05) is 21.3 Å². The predicted molar refractivity (Wildman–Crippen MR) is 159 cm³/mol. The first kappa shape index (κ1) is 30.5. The lowest BCUT2D eigenvalue weighted by Gasteiger charge is -2.28. The van der Waals surface area contributed by atoms with Crippen LogP contribution < -0.4 is 9.47 Å². The van der Waals surface area contributed by atoms with E-state index in [1.807, 2.05) is 68.6 Å². The minimum Gasteiger partial charge on any atom is -0.493 e. The summed E-state index contributed by atoms with van der Waals surface area (Å²) in [5.74, 6) is 1.16. The van der Waals surface area contributed by atoms with Crippen molar-refractivity contribution >= 4 is 17.6 Å². The van der Waals surface area contributed by atoms with Crippen molar-refractivity contribution < 1.29 is 28.5 Å². The van der Waals surface area contributed by atoms with Gasteiger partial charge in [0.2, 0.25) is 0 Å². The van der Waals surface area contributed by atoms with Crippen LogP contribution in [0.1, 0.15) is 68.0 Å². The number of hydrogen-bond donors (Lipinski definition) is 0. The van der Waals surface area contributed by atoms with Gasteiger partial charge in [0, 0.05) is 28.8 Å². The molecule has 0 saturated carbocycles. The first-order chi connectivity index (χ1) is 20.9. The molecule has 2 aromatic heterocycles. The number of ether oxygens (including phenoxy) is 5. The molecule has 1 aliphatic heterocycles. The molecule has 0 spiro atoms. The molecule has 0 fully saturated rings. The number of halogens is 1. The summed E-state index contributed by atoms with van der Waals surface area (Å²) < 4.78 is 31.4. The molecule has 0 N–H and O–H groups in total. The fraction of sp³-hybridized carbons (Fsp3) is 0.419. The van der Waals surface area contributed by atoms with Crippen LogP contribution in [0, 0.1) is 0 Å². The number of hydrogen-bond acceptors (Lipinski definition) is 9. The van der Waals surface area contributed by atoms with Crippen molar-refractivity contribution in [1.82, 2.24) is 24.8 Å². The molecule has 0 aliphatic carbocycles. The summed E-state index contributed by atoms with van der Waals surface area (Å²) in [6.45, 7) is 4.22. The minimum absolute atomic E-state index is 0.0351. The quantitative estimate of drug-likeness (QED) is 0.189. The Hall–Kier alpha value is -3.93. The SMILES string of the molecule is CCC(CC)(OCc1nnn(CC[C@H]2O[C@H](c3cccc(OC)c3OC)c3cc(Cl)ccc3-n3cccc32)n1)C(=O)OC. The van der Waals surface area contributed by atoms with E-state index in [2.05, 4.69) is 20.0 Å². The fourth-order valence-electron chi connectivity index (χ4n) is 5.57. The maximum absolute atomic E-state index is 12.4. The van der Waals surface area contributed by atoms with E-state index in [9.17, 15) is 4.79 Å². The maximum Gasteiger partial charge on any atom is 0.338 e. The van der Waals surface area contributed by atoms with Gasteiger partial charge in [-0.2, -0.15) is 4.80 Å². The number of para-hydroxylation sites is 1. The summed E-state index contributed by atoms with van der Waals surface area (Å²) >= 11 is 6.51. The summed E-state index contributed by atoms with van der Waals surface area (Å²) in [5, 5.41) is 13.5. The maximum atomic E-state index is 12.4.